The van der Waals surface area contributed by atoms with E-state index < -0.39 is 0 Å². The van der Waals surface area contributed by atoms with Crippen molar-refractivity contribution in [3.05, 3.63) is 0 Å². The third-order valence-corrected chi connectivity index (χ3v) is 2.73. The Kier molecular flexibility index (Phi) is 4.38. The van der Waals surface area contributed by atoms with Crippen LogP contribution < -0.4 is 0 Å². The topological polar surface area (TPSA) is 3.24 Å². The van der Waals surface area contributed by atoms with E-state index in [1.807, 2.05) is 0 Å². The fraction of sp³-hybridized carbons (Fsp3) is 1.00. The average molecular weight is 190 g/mol. The highest BCUT2D eigenvalue weighted by Crippen LogP contribution is 2.20. The van der Waals surface area contributed by atoms with Crippen molar-refractivity contribution in [1.29, 1.82) is 0 Å². The van der Waals surface area contributed by atoms with Crippen molar-refractivity contribution in [2.24, 2.45) is 11.8 Å². The van der Waals surface area contributed by atoms with Gasteiger partial charge in [0.15, 0.2) is 0 Å². The maximum absolute atomic E-state index is 5.72. The van der Waals surface area contributed by atoms with Gasteiger partial charge in [0.25, 0.3) is 0 Å². The van der Waals surface area contributed by atoms with E-state index in [2.05, 4.69) is 18.7 Å². The van der Waals surface area contributed by atoms with Crippen LogP contribution in [0.2, 0.25) is 0 Å². The third kappa shape index (κ3) is 3.32. The molecule has 0 aliphatic carbocycles. The Hall–Kier alpha value is 0.250. The molecule has 1 fully saturated rings. The van der Waals surface area contributed by atoms with Gasteiger partial charge in [0, 0.05) is 19.0 Å². The second kappa shape index (κ2) is 5.08. The Labute approximate surface area is 81.1 Å². The van der Waals surface area contributed by atoms with Crippen molar-refractivity contribution in [3.8, 4) is 0 Å². The van der Waals surface area contributed by atoms with Crippen molar-refractivity contribution < 1.29 is 0 Å². The normalized spacial score (nSPS) is 25.5. The fourth-order valence-corrected chi connectivity index (χ4v) is 2.29. The van der Waals surface area contributed by atoms with E-state index in [9.17, 15) is 0 Å². The van der Waals surface area contributed by atoms with Crippen LogP contribution in [-0.4, -0.2) is 30.4 Å². The summed E-state index contributed by atoms with van der Waals surface area (Å²) >= 11 is 5.72. The molecular weight excluding hydrogens is 170 g/mol. The highest BCUT2D eigenvalue weighted by Gasteiger charge is 2.21. The van der Waals surface area contributed by atoms with E-state index in [1.165, 1.54) is 32.5 Å². The zero-order valence-corrected chi connectivity index (χ0v) is 8.98. The zero-order valence-electron chi connectivity index (χ0n) is 8.22. The molecule has 72 valence electrons. The molecule has 1 aliphatic heterocycles. The summed E-state index contributed by atoms with van der Waals surface area (Å²) in [5.74, 6) is 2.51. The highest BCUT2D eigenvalue weighted by atomic mass is 35.5. The number of halogens is 1. The first-order chi connectivity index (χ1) is 5.72. The van der Waals surface area contributed by atoms with Gasteiger partial charge in [0.2, 0.25) is 0 Å². The van der Waals surface area contributed by atoms with Gasteiger partial charge in [0.1, 0.15) is 0 Å². The summed E-state index contributed by atoms with van der Waals surface area (Å²) in [5, 5.41) is 0. The minimum Gasteiger partial charge on any atom is -0.303 e. The van der Waals surface area contributed by atoms with Crippen LogP contribution in [0.4, 0.5) is 0 Å². The summed E-state index contributed by atoms with van der Waals surface area (Å²) in [4.78, 5) is 2.57. The Bertz CT molecular complexity index is 125. The Balaban J connectivity index is 2.16. The molecule has 0 aromatic heterocycles. The molecule has 1 unspecified atom stereocenters. The fourth-order valence-electron chi connectivity index (χ4n) is 1.99. The van der Waals surface area contributed by atoms with Crippen molar-refractivity contribution in [2.75, 3.05) is 25.5 Å². The lowest BCUT2D eigenvalue weighted by atomic mass is 10.1. The molecular formula is C10H20ClN. The quantitative estimate of drug-likeness (QED) is 0.615. The molecule has 2 heteroatoms. The molecule has 0 spiro atoms. The van der Waals surface area contributed by atoms with Crippen LogP contribution in [-0.2, 0) is 0 Å². The maximum Gasteiger partial charge on any atom is 0.0226 e. The largest absolute Gasteiger partial charge is 0.303 e. The van der Waals surface area contributed by atoms with Gasteiger partial charge in [-0.15, -0.1) is 11.6 Å². The van der Waals surface area contributed by atoms with Crippen LogP contribution in [0.5, 0.6) is 0 Å². The zero-order chi connectivity index (χ0) is 8.97. The molecule has 0 aromatic carbocycles. The number of likely N-dealkylation sites (tertiary alicyclic amines) is 1. The van der Waals surface area contributed by atoms with E-state index in [0.29, 0.717) is 0 Å². The summed E-state index contributed by atoms with van der Waals surface area (Å²) in [5.41, 5.74) is 0. The maximum atomic E-state index is 5.72. The van der Waals surface area contributed by atoms with Crippen molar-refractivity contribution >= 4 is 11.6 Å². The third-order valence-electron chi connectivity index (χ3n) is 2.51. The second-order valence-corrected chi connectivity index (χ2v) is 4.66. The molecule has 0 bridgehead atoms. The first-order valence-corrected chi connectivity index (χ1v) is 5.54. The molecule has 0 aromatic rings. The number of nitrogens with zero attached hydrogens (tertiary/aromatic N) is 1. The van der Waals surface area contributed by atoms with Crippen LogP contribution in [0.1, 0.15) is 26.7 Å². The summed E-state index contributed by atoms with van der Waals surface area (Å²) < 4.78 is 0. The van der Waals surface area contributed by atoms with Gasteiger partial charge in [-0.2, -0.15) is 0 Å². The molecule has 0 N–H and O–H groups in total. The van der Waals surface area contributed by atoms with E-state index >= 15 is 0 Å². The average Bonchev–Trinajstić information content (AvgIpc) is 2.36. The lowest BCUT2D eigenvalue weighted by molar-refractivity contribution is 0.286. The van der Waals surface area contributed by atoms with E-state index in [0.717, 1.165) is 17.7 Å². The van der Waals surface area contributed by atoms with Gasteiger partial charge in [-0.25, -0.2) is 0 Å². The van der Waals surface area contributed by atoms with Crippen molar-refractivity contribution in [3.63, 3.8) is 0 Å². The standard InChI is InChI=1S/C10H20ClN/c1-9(2)7-12-6-4-10(8-12)3-5-11/h9-10H,3-8H2,1-2H3. The second-order valence-electron chi connectivity index (χ2n) is 4.29. The number of hydrogen-bond acceptors (Lipinski definition) is 1. The SMILES string of the molecule is CC(C)CN1CCC(CCCl)C1. The molecule has 12 heavy (non-hydrogen) atoms. The summed E-state index contributed by atoms with van der Waals surface area (Å²) in [6.45, 7) is 8.41. The monoisotopic (exact) mass is 189 g/mol. The van der Waals surface area contributed by atoms with Crippen molar-refractivity contribution in [2.45, 2.75) is 26.7 Å². The van der Waals surface area contributed by atoms with Gasteiger partial charge in [0.05, 0.1) is 0 Å². The predicted octanol–water partition coefficient (Wildman–Crippen LogP) is 2.59. The Morgan fingerprint density at radius 2 is 2.25 bits per heavy atom. The molecule has 1 nitrogen and oxygen atoms in total. The molecule has 1 aliphatic rings. The molecule has 0 radical (unpaired) electrons. The minimum atomic E-state index is 0.805. The van der Waals surface area contributed by atoms with E-state index in [-0.39, 0.29) is 0 Å². The van der Waals surface area contributed by atoms with Crippen LogP contribution in [0.15, 0.2) is 0 Å². The molecule has 1 saturated heterocycles. The summed E-state index contributed by atoms with van der Waals surface area (Å²) in [7, 11) is 0. The first-order valence-electron chi connectivity index (χ1n) is 5.00. The van der Waals surface area contributed by atoms with Gasteiger partial charge < -0.3 is 4.90 Å². The smallest absolute Gasteiger partial charge is 0.0226 e. The van der Waals surface area contributed by atoms with Gasteiger partial charge in [-0.05, 0) is 31.2 Å². The Morgan fingerprint density at radius 1 is 1.50 bits per heavy atom. The molecule has 0 amide bonds. The molecule has 1 heterocycles. The van der Waals surface area contributed by atoms with Gasteiger partial charge >= 0.3 is 0 Å². The Morgan fingerprint density at radius 3 is 2.83 bits per heavy atom. The molecule has 0 saturated carbocycles. The van der Waals surface area contributed by atoms with E-state index in [4.69, 9.17) is 11.6 Å². The minimum absolute atomic E-state index is 0.805. The molecule has 1 rings (SSSR count). The highest BCUT2D eigenvalue weighted by molar-refractivity contribution is 6.17. The van der Waals surface area contributed by atoms with Crippen LogP contribution in [0, 0.1) is 11.8 Å². The van der Waals surface area contributed by atoms with Crippen molar-refractivity contribution in [1.82, 2.24) is 4.90 Å². The van der Waals surface area contributed by atoms with E-state index in [1.54, 1.807) is 0 Å². The van der Waals surface area contributed by atoms with Crippen LogP contribution in [0.3, 0.4) is 0 Å². The molecule has 1 atom stereocenters. The number of alkyl halides is 1. The van der Waals surface area contributed by atoms with Gasteiger partial charge in [-0.3, -0.25) is 0 Å². The summed E-state index contributed by atoms with van der Waals surface area (Å²) in [6, 6.07) is 0. The van der Waals surface area contributed by atoms with Crippen LogP contribution in [0.25, 0.3) is 0 Å². The van der Waals surface area contributed by atoms with Gasteiger partial charge in [-0.1, -0.05) is 13.8 Å². The lowest BCUT2D eigenvalue weighted by Gasteiger charge is -2.17. The summed E-state index contributed by atoms with van der Waals surface area (Å²) in [6.07, 6.45) is 2.57. The number of rotatable bonds is 4. The lowest BCUT2D eigenvalue weighted by Crippen LogP contribution is -2.25. The number of hydrogen-bond donors (Lipinski definition) is 0. The first kappa shape index (κ1) is 10.3. The predicted molar refractivity (Wildman–Crippen MR) is 54.7 cm³/mol. The van der Waals surface area contributed by atoms with Crippen LogP contribution >= 0.6 is 11.6 Å².